The predicted octanol–water partition coefficient (Wildman–Crippen LogP) is 3.51. The number of methoxy groups -OCH3 is 2. The number of amides is 2. The Labute approximate surface area is 152 Å². The van der Waals surface area contributed by atoms with Crippen LogP contribution in [0.2, 0.25) is 0 Å². The van der Waals surface area contributed by atoms with E-state index in [1.165, 1.54) is 0 Å². The fourth-order valence-corrected chi connectivity index (χ4v) is 2.93. The monoisotopic (exact) mass is 360 g/mol. The van der Waals surface area contributed by atoms with E-state index in [-0.39, 0.29) is 12.1 Å². The van der Waals surface area contributed by atoms with E-state index in [0.29, 0.717) is 30.3 Å². The van der Waals surface area contributed by atoms with E-state index >= 15 is 0 Å². The Morgan fingerprint density at radius 3 is 2.62 bits per heavy atom. The maximum absolute atomic E-state index is 12.9. The average Bonchev–Trinajstić information content (AvgIpc) is 3.34. The highest BCUT2D eigenvalue weighted by Crippen LogP contribution is 2.26. The van der Waals surface area contributed by atoms with Gasteiger partial charge in [-0.2, -0.15) is 0 Å². The number of urea groups is 1. The molecular weight excluding hydrogens is 336 g/mol. The number of hydrogen-bond donors (Lipinski definition) is 1. The lowest BCUT2D eigenvalue weighted by Gasteiger charge is -2.25. The van der Waals surface area contributed by atoms with Crippen LogP contribution in [0.15, 0.2) is 41.0 Å². The lowest BCUT2D eigenvalue weighted by atomic mass is 10.2. The predicted molar refractivity (Wildman–Crippen MR) is 96.7 cm³/mol. The minimum absolute atomic E-state index is 0.0514. The number of carbonyl (C=O) groups excluding carboxylic acids is 1. The zero-order valence-corrected chi connectivity index (χ0v) is 15.1. The second-order valence-electron chi connectivity index (χ2n) is 6.13. The molecule has 7 nitrogen and oxygen atoms in total. The van der Waals surface area contributed by atoms with Crippen LogP contribution < -0.4 is 14.8 Å². The second-order valence-corrected chi connectivity index (χ2v) is 6.13. The average molecular weight is 360 g/mol. The highest BCUT2D eigenvalue weighted by atomic mass is 16.5. The highest BCUT2D eigenvalue weighted by molar-refractivity contribution is 5.89. The topological polar surface area (TPSA) is 73.2 Å². The summed E-state index contributed by atoms with van der Waals surface area (Å²) in [7, 11) is 3.14. The number of furan rings is 1. The van der Waals surface area contributed by atoms with Crippen molar-refractivity contribution in [2.24, 2.45) is 0 Å². The third kappa shape index (κ3) is 4.70. The molecule has 26 heavy (non-hydrogen) atoms. The van der Waals surface area contributed by atoms with E-state index in [0.717, 1.165) is 25.2 Å². The molecule has 140 valence electrons. The summed E-state index contributed by atoms with van der Waals surface area (Å²) in [5.41, 5.74) is 0.600. The summed E-state index contributed by atoms with van der Waals surface area (Å²) in [5, 5.41) is 2.91. The number of nitrogens with zero attached hydrogens (tertiary/aromatic N) is 1. The molecule has 1 atom stereocenters. The molecule has 1 fully saturated rings. The summed E-state index contributed by atoms with van der Waals surface area (Å²) < 4.78 is 21.6. The van der Waals surface area contributed by atoms with Crippen molar-refractivity contribution in [2.75, 3.05) is 32.7 Å². The molecule has 0 spiro atoms. The summed E-state index contributed by atoms with van der Waals surface area (Å²) in [6.07, 6.45) is 3.63. The Morgan fingerprint density at radius 1 is 1.27 bits per heavy atom. The SMILES string of the molecule is COc1cc(NC(=O)N(Cc2ccco2)CC2CCCO2)cc(OC)c1. The molecule has 0 aliphatic carbocycles. The van der Waals surface area contributed by atoms with Crippen LogP contribution in [0.4, 0.5) is 10.5 Å². The smallest absolute Gasteiger partial charge is 0.322 e. The van der Waals surface area contributed by atoms with Gasteiger partial charge in [-0.15, -0.1) is 0 Å². The van der Waals surface area contributed by atoms with E-state index in [1.807, 2.05) is 12.1 Å². The Hall–Kier alpha value is -2.67. The molecular formula is C19H24N2O5. The van der Waals surface area contributed by atoms with Crippen molar-refractivity contribution in [3.63, 3.8) is 0 Å². The number of anilines is 1. The normalized spacial score (nSPS) is 16.3. The summed E-state index contributed by atoms with van der Waals surface area (Å²) in [5.74, 6) is 1.94. The molecule has 1 aromatic heterocycles. The Bertz CT molecular complexity index is 688. The molecule has 2 aromatic rings. The van der Waals surface area contributed by atoms with Crippen molar-refractivity contribution in [3.05, 3.63) is 42.4 Å². The number of carbonyl (C=O) groups is 1. The molecule has 0 radical (unpaired) electrons. The summed E-state index contributed by atoms with van der Waals surface area (Å²) in [4.78, 5) is 14.6. The van der Waals surface area contributed by atoms with Gasteiger partial charge in [-0.1, -0.05) is 0 Å². The first-order valence-corrected chi connectivity index (χ1v) is 8.61. The lowest BCUT2D eigenvalue weighted by Crippen LogP contribution is -2.39. The van der Waals surface area contributed by atoms with E-state index in [9.17, 15) is 4.79 Å². The van der Waals surface area contributed by atoms with Crippen LogP contribution >= 0.6 is 0 Å². The van der Waals surface area contributed by atoms with Crippen molar-refractivity contribution in [1.29, 1.82) is 0 Å². The van der Waals surface area contributed by atoms with Crippen LogP contribution in [-0.2, 0) is 11.3 Å². The molecule has 2 heterocycles. The zero-order valence-electron chi connectivity index (χ0n) is 15.1. The largest absolute Gasteiger partial charge is 0.497 e. The molecule has 1 unspecified atom stereocenters. The number of nitrogens with one attached hydrogen (secondary N) is 1. The van der Waals surface area contributed by atoms with E-state index in [4.69, 9.17) is 18.6 Å². The standard InChI is InChI=1S/C19H24N2O5/c1-23-17-9-14(10-18(11-17)24-2)20-19(22)21(12-15-5-3-7-25-15)13-16-6-4-8-26-16/h3,5,7,9-11,16H,4,6,8,12-13H2,1-2H3,(H,20,22). The molecule has 2 amide bonds. The molecule has 1 aromatic carbocycles. The Morgan fingerprint density at radius 2 is 2.04 bits per heavy atom. The van der Waals surface area contributed by atoms with Gasteiger partial charge in [0.1, 0.15) is 17.3 Å². The highest BCUT2D eigenvalue weighted by Gasteiger charge is 2.23. The van der Waals surface area contributed by atoms with Crippen LogP contribution in [0.3, 0.4) is 0 Å². The van der Waals surface area contributed by atoms with Gasteiger partial charge in [0.05, 0.1) is 33.1 Å². The first-order valence-electron chi connectivity index (χ1n) is 8.61. The number of benzene rings is 1. The van der Waals surface area contributed by atoms with Crippen LogP contribution in [0, 0.1) is 0 Å². The second kappa shape index (κ2) is 8.62. The van der Waals surface area contributed by atoms with Crippen LogP contribution in [-0.4, -0.2) is 44.4 Å². The van der Waals surface area contributed by atoms with E-state index in [2.05, 4.69) is 5.32 Å². The van der Waals surface area contributed by atoms with E-state index in [1.54, 1.807) is 43.6 Å². The van der Waals surface area contributed by atoms with Crippen molar-refractivity contribution >= 4 is 11.7 Å². The maximum atomic E-state index is 12.9. The van der Waals surface area contributed by atoms with Gasteiger partial charge in [-0.05, 0) is 25.0 Å². The molecule has 7 heteroatoms. The third-order valence-corrected chi connectivity index (χ3v) is 4.26. The van der Waals surface area contributed by atoms with Crippen molar-refractivity contribution in [3.8, 4) is 11.5 Å². The Balaban J connectivity index is 1.73. The summed E-state index contributed by atoms with van der Waals surface area (Å²) in [6, 6.07) is 8.68. The molecule has 1 aliphatic rings. The van der Waals surface area contributed by atoms with Gasteiger partial charge in [-0.25, -0.2) is 4.79 Å². The molecule has 0 saturated carbocycles. The van der Waals surface area contributed by atoms with Gasteiger partial charge in [0, 0.05) is 37.0 Å². The number of rotatable bonds is 7. The maximum Gasteiger partial charge on any atom is 0.322 e. The lowest BCUT2D eigenvalue weighted by molar-refractivity contribution is 0.0803. The summed E-state index contributed by atoms with van der Waals surface area (Å²) in [6.45, 7) is 1.63. The van der Waals surface area contributed by atoms with Gasteiger partial charge in [0.2, 0.25) is 0 Å². The molecule has 0 bridgehead atoms. The Kier molecular flexibility index (Phi) is 6.01. The molecule has 1 aliphatic heterocycles. The fourth-order valence-electron chi connectivity index (χ4n) is 2.93. The van der Waals surface area contributed by atoms with Gasteiger partial charge >= 0.3 is 6.03 Å². The minimum Gasteiger partial charge on any atom is -0.497 e. The third-order valence-electron chi connectivity index (χ3n) is 4.26. The molecule has 3 rings (SSSR count). The minimum atomic E-state index is -0.229. The van der Waals surface area contributed by atoms with Gasteiger partial charge in [-0.3, -0.25) is 0 Å². The number of hydrogen-bond acceptors (Lipinski definition) is 5. The van der Waals surface area contributed by atoms with Crippen LogP contribution in [0.5, 0.6) is 11.5 Å². The summed E-state index contributed by atoms with van der Waals surface area (Å²) >= 11 is 0. The number of ether oxygens (including phenoxy) is 3. The van der Waals surface area contributed by atoms with E-state index < -0.39 is 0 Å². The molecule has 1 saturated heterocycles. The first-order chi connectivity index (χ1) is 12.7. The van der Waals surface area contributed by atoms with Crippen molar-refractivity contribution < 1.29 is 23.4 Å². The quantitative estimate of drug-likeness (QED) is 0.818. The van der Waals surface area contributed by atoms with Crippen molar-refractivity contribution in [2.45, 2.75) is 25.5 Å². The van der Waals surface area contributed by atoms with Gasteiger partial charge in [0.15, 0.2) is 0 Å². The first kappa shape index (κ1) is 18.1. The van der Waals surface area contributed by atoms with Crippen molar-refractivity contribution in [1.82, 2.24) is 4.90 Å². The van der Waals surface area contributed by atoms with Gasteiger partial charge < -0.3 is 28.8 Å². The fraction of sp³-hybridized carbons (Fsp3) is 0.421. The van der Waals surface area contributed by atoms with Gasteiger partial charge in [0.25, 0.3) is 0 Å². The zero-order chi connectivity index (χ0) is 18.4. The van der Waals surface area contributed by atoms with Crippen LogP contribution in [0.1, 0.15) is 18.6 Å². The molecule has 1 N–H and O–H groups in total. The van der Waals surface area contributed by atoms with Crippen LogP contribution in [0.25, 0.3) is 0 Å².